The van der Waals surface area contributed by atoms with E-state index in [-0.39, 0.29) is 6.03 Å². The van der Waals surface area contributed by atoms with Crippen molar-refractivity contribution >= 4 is 22.8 Å². The van der Waals surface area contributed by atoms with Gasteiger partial charge in [0.1, 0.15) is 0 Å². The van der Waals surface area contributed by atoms with E-state index >= 15 is 0 Å². The Bertz CT molecular complexity index is 613. The van der Waals surface area contributed by atoms with E-state index in [2.05, 4.69) is 15.7 Å². The summed E-state index contributed by atoms with van der Waals surface area (Å²) in [5.41, 5.74) is 2.21. The highest BCUT2D eigenvalue weighted by Gasteiger charge is 2.23. The standard InChI is InChI=1S/C13H16N4O/c1-8-4-3-5-10-11(8)17(2)16-12(10)15-13(18)14-9-6-7-9/h3-5,9H,6-7H2,1-2H3,(H2,14,15,16,18). The molecule has 1 aromatic carbocycles. The molecular weight excluding hydrogens is 228 g/mol. The van der Waals surface area contributed by atoms with Gasteiger partial charge in [-0.3, -0.25) is 10.00 Å². The van der Waals surface area contributed by atoms with Gasteiger partial charge in [0.25, 0.3) is 0 Å². The molecule has 1 aliphatic carbocycles. The molecule has 0 atom stereocenters. The van der Waals surface area contributed by atoms with E-state index in [0.29, 0.717) is 11.9 Å². The predicted octanol–water partition coefficient (Wildman–Crippen LogP) is 2.17. The summed E-state index contributed by atoms with van der Waals surface area (Å²) in [6, 6.07) is 6.17. The van der Waals surface area contributed by atoms with Crippen LogP contribution in [0.4, 0.5) is 10.6 Å². The first-order valence-electron chi connectivity index (χ1n) is 6.15. The van der Waals surface area contributed by atoms with Crippen molar-refractivity contribution in [2.24, 2.45) is 7.05 Å². The number of hydrogen-bond donors (Lipinski definition) is 2. The first-order chi connectivity index (χ1) is 8.65. The van der Waals surface area contributed by atoms with E-state index in [1.165, 1.54) is 0 Å². The number of amides is 2. The number of benzene rings is 1. The molecule has 0 aliphatic heterocycles. The minimum absolute atomic E-state index is 0.168. The second kappa shape index (κ2) is 4.01. The molecule has 94 valence electrons. The Morgan fingerprint density at radius 1 is 1.44 bits per heavy atom. The molecule has 2 aromatic rings. The van der Waals surface area contributed by atoms with E-state index in [4.69, 9.17) is 0 Å². The largest absolute Gasteiger partial charge is 0.335 e. The number of nitrogens with one attached hydrogen (secondary N) is 2. The summed E-state index contributed by atoms with van der Waals surface area (Å²) >= 11 is 0. The summed E-state index contributed by atoms with van der Waals surface area (Å²) in [7, 11) is 1.89. The maximum absolute atomic E-state index is 11.7. The molecule has 1 aliphatic rings. The topological polar surface area (TPSA) is 59.0 Å². The third-order valence-electron chi connectivity index (χ3n) is 3.21. The molecule has 5 heteroatoms. The number of rotatable bonds is 2. The Balaban J connectivity index is 1.91. The first kappa shape index (κ1) is 11.1. The van der Waals surface area contributed by atoms with Crippen LogP contribution < -0.4 is 10.6 Å². The summed E-state index contributed by atoms with van der Waals surface area (Å²) in [6.07, 6.45) is 2.16. The summed E-state index contributed by atoms with van der Waals surface area (Å²) in [4.78, 5) is 11.7. The number of aryl methyl sites for hydroxylation is 2. The van der Waals surface area contributed by atoms with Crippen molar-refractivity contribution in [2.75, 3.05) is 5.32 Å². The molecule has 1 aromatic heterocycles. The smallest absolute Gasteiger partial charge is 0.320 e. The van der Waals surface area contributed by atoms with Crippen LogP contribution in [0.1, 0.15) is 18.4 Å². The van der Waals surface area contributed by atoms with Crippen LogP contribution in [0, 0.1) is 6.92 Å². The zero-order valence-corrected chi connectivity index (χ0v) is 10.5. The molecule has 0 bridgehead atoms. The van der Waals surface area contributed by atoms with Gasteiger partial charge in [-0.1, -0.05) is 12.1 Å². The number of aromatic nitrogens is 2. The minimum atomic E-state index is -0.168. The molecular formula is C13H16N4O. The van der Waals surface area contributed by atoms with Crippen molar-refractivity contribution in [1.82, 2.24) is 15.1 Å². The Kier molecular flexibility index (Phi) is 2.47. The van der Waals surface area contributed by atoms with Crippen LogP contribution in [0.2, 0.25) is 0 Å². The van der Waals surface area contributed by atoms with Crippen LogP contribution in [0.25, 0.3) is 10.9 Å². The Morgan fingerprint density at radius 2 is 2.22 bits per heavy atom. The van der Waals surface area contributed by atoms with Crippen molar-refractivity contribution < 1.29 is 4.79 Å². The molecule has 0 spiro atoms. The van der Waals surface area contributed by atoms with Gasteiger partial charge in [-0.25, -0.2) is 4.79 Å². The van der Waals surface area contributed by atoms with Crippen LogP contribution >= 0.6 is 0 Å². The first-order valence-corrected chi connectivity index (χ1v) is 6.15. The molecule has 5 nitrogen and oxygen atoms in total. The molecule has 18 heavy (non-hydrogen) atoms. The highest BCUT2D eigenvalue weighted by Crippen LogP contribution is 2.25. The maximum atomic E-state index is 11.7. The average molecular weight is 244 g/mol. The Labute approximate surface area is 105 Å². The fraction of sp³-hybridized carbons (Fsp3) is 0.385. The number of para-hydroxylation sites is 1. The summed E-state index contributed by atoms with van der Waals surface area (Å²) in [5, 5.41) is 11.1. The number of hydrogen-bond acceptors (Lipinski definition) is 2. The van der Waals surface area contributed by atoms with E-state index in [1.807, 2.05) is 32.2 Å². The van der Waals surface area contributed by atoms with Gasteiger partial charge in [-0.2, -0.15) is 5.10 Å². The third-order valence-corrected chi connectivity index (χ3v) is 3.21. The van der Waals surface area contributed by atoms with Gasteiger partial charge >= 0.3 is 6.03 Å². The lowest BCUT2D eigenvalue weighted by molar-refractivity contribution is 0.251. The number of carbonyl (C=O) groups excluding carboxylic acids is 1. The van der Waals surface area contributed by atoms with Crippen LogP contribution in [-0.2, 0) is 7.05 Å². The molecule has 0 saturated heterocycles. The second-order valence-corrected chi connectivity index (χ2v) is 4.82. The number of urea groups is 1. The van der Waals surface area contributed by atoms with Gasteiger partial charge < -0.3 is 5.32 Å². The molecule has 1 heterocycles. The number of anilines is 1. The number of carbonyl (C=O) groups is 1. The highest BCUT2D eigenvalue weighted by molar-refractivity contribution is 6.00. The third kappa shape index (κ3) is 1.92. The molecule has 1 fully saturated rings. The molecule has 2 amide bonds. The van der Waals surface area contributed by atoms with Gasteiger partial charge in [0.05, 0.1) is 5.52 Å². The summed E-state index contributed by atoms with van der Waals surface area (Å²) in [5.74, 6) is 0.620. The van der Waals surface area contributed by atoms with Crippen molar-refractivity contribution in [3.63, 3.8) is 0 Å². The fourth-order valence-electron chi connectivity index (χ4n) is 2.18. The SMILES string of the molecule is Cc1cccc2c(NC(=O)NC3CC3)nn(C)c12. The maximum Gasteiger partial charge on any atom is 0.320 e. The van der Waals surface area contributed by atoms with E-state index in [0.717, 1.165) is 29.3 Å². The van der Waals surface area contributed by atoms with Gasteiger partial charge in [-0.05, 0) is 31.4 Å². The van der Waals surface area contributed by atoms with Crippen LogP contribution in [-0.4, -0.2) is 21.9 Å². The zero-order chi connectivity index (χ0) is 12.7. The lowest BCUT2D eigenvalue weighted by Crippen LogP contribution is -2.30. The van der Waals surface area contributed by atoms with Gasteiger partial charge in [0, 0.05) is 18.5 Å². The van der Waals surface area contributed by atoms with Gasteiger partial charge in [0.2, 0.25) is 0 Å². The van der Waals surface area contributed by atoms with Crippen LogP contribution in [0.5, 0.6) is 0 Å². The fourth-order valence-corrected chi connectivity index (χ4v) is 2.18. The van der Waals surface area contributed by atoms with Crippen molar-refractivity contribution in [3.05, 3.63) is 23.8 Å². The molecule has 0 unspecified atom stereocenters. The number of fused-ring (bicyclic) bond motifs is 1. The van der Waals surface area contributed by atoms with Crippen LogP contribution in [0.3, 0.4) is 0 Å². The predicted molar refractivity (Wildman–Crippen MR) is 70.6 cm³/mol. The highest BCUT2D eigenvalue weighted by atomic mass is 16.2. The minimum Gasteiger partial charge on any atom is -0.335 e. The van der Waals surface area contributed by atoms with Crippen molar-refractivity contribution in [2.45, 2.75) is 25.8 Å². The van der Waals surface area contributed by atoms with Crippen molar-refractivity contribution in [3.8, 4) is 0 Å². The average Bonchev–Trinajstić information content (AvgIpc) is 3.05. The molecule has 0 radical (unpaired) electrons. The van der Waals surface area contributed by atoms with Crippen LogP contribution in [0.15, 0.2) is 18.2 Å². The zero-order valence-electron chi connectivity index (χ0n) is 10.5. The monoisotopic (exact) mass is 244 g/mol. The van der Waals surface area contributed by atoms with E-state index < -0.39 is 0 Å². The second-order valence-electron chi connectivity index (χ2n) is 4.82. The van der Waals surface area contributed by atoms with Gasteiger partial charge in [0.15, 0.2) is 5.82 Å². The number of nitrogens with zero attached hydrogens (tertiary/aromatic N) is 2. The Morgan fingerprint density at radius 3 is 2.94 bits per heavy atom. The molecule has 1 saturated carbocycles. The summed E-state index contributed by atoms with van der Waals surface area (Å²) < 4.78 is 1.80. The molecule has 2 N–H and O–H groups in total. The normalized spacial score (nSPS) is 14.8. The quantitative estimate of drug-likeness (QED) is 0.850. The van der Waals surface area contributed by atoms with E-state index in [9.17, 15) is 4.79 Å². The van der Waals surface area contributed by atoms with Gasteiger partial charge in [-0.15, -0.1) is 0 Å². The lowest BCUT2D eigenvalue weighted by atomic mass is 10.1. The summed E-state index contributed by atoms with van der Waals surface area (Å²) in [6.45, 7) is 2.04. The molecule has 3 rings (SSSR count). The van der Waals surface area contributed by atoms with E-state index in [1.54, 1.807) is 4.68 Å². The Hall–Kier alpha value is -2.04. The van der Waals surface area contributed by atoms with Crippen molar-refractivity contribution in [1.29, 1.82) is 0 Å². The lowest BCUT2D eigenvalue weighted by Gasteiger charge is -2.03.